The van der Waals surface area contributed by atoms with Crippen molar-refractivity contribution in [1.29, 1.82) is 0 Å². The van der Waals surface area contributed by atoms with Gasteiger partial charge in [0, 0.05) is 31.7 Å². The van der Waals surface area contributed by atoms with E-state index in [0.29, 0.717) is 13.0 Å². The molecule has 6 nitrogen and oxygen atoms in total. The first-order chi connectivity index (χ1) is 13.9. The SMILES string of the molecule is O=C(NCCC(O)CN1CCc2ccccc2C1)c1ccc2c(c1)OC(F)(F)O2. The van der Waals surface area contributed by atoms with Gasteiger partial charge in [0.15, 0.2) is 11.5 Å². The van der Waals surface area contributed by atoms with Crippen LogP contribution in [0, 0.1) is 0 Å². The molecule has 154 valence electrons. The second kappa shape index (κ2) is 7.96. The van der Waals surface area contributed by atoms with E-state index >= 15 is 0 Å². The summed E-state index contributed by atoms with van der Waals surface area (Å²) in [6.07, 6.45) is -2.93. The highest BCUT2D eigenvalue weighted by Crippen LogP contribution is 2.41. The molecule has 1 atom stereocenters. The Labute approximate surface area is 167 Å². The molecule has 4 rings (SSSR count). The van der Waals surface area contributed by atoms with E-state index < -0.39 is 18.3 Å². The Morgan fingerprint density at radius 1 is 1.17 bits per heavy atom. The number of hydrogen-bond donors (Lipinski definition) is 2. The van der Waals surface area contributed by atoms with Gasteiger partial charge in [-0.2, -0.15) is 0 Å². The van der Waals surface area contributed by atoms with Crippen LogP contribution in [0.5, 0.6) is 11.5 Å². The predicted octanol–water partition coefficient (Wildman–Crippen LogP) is 2.55. The average molecular weight is 404 g/mol. The van der Waals surface area contributed by atoms with E-state index in [-0.39, 0.29) is 23.6 Å². The monoisotopic (exact) mass is 404 g/mol. The number of aliphatic hydroxyl groups is 1. The number of nitrogens with zero attached hydrogens (tertiary/aromatic N) is 1. The molecule has 0 spiro atoms. The summed E-state index contributed by atoms with van der Waals surface area (Å²) in [5.74, 6) is -0.705. The number of rotatable bonds is 6. The molecule has 2 N–H and O–H groups in total. The summed E-state index contributed by atoms with van der Waals surface area (Å²) >= 11 is 0. The van der Waals surface area contributed by atoms with Crippen molar-refractivity contribution in [3.8, 4) is 11.5 Å². The number of hydrogen-bond acceptors (Lipinski definition) is 5. The quantitative estimate of drug-likeness (QED) is 0.774. The van der Waals surface area contributed by atoms with Gasteiger partial charge in [0.2, 0.25) is 0 Å². The number of β-amino-alcohol motifs (C(OH)–C–C–N with tert-alkyl or cyclic N) is 1. The van der Waals surface area contributed by atoms with Gasteiger partial charge in [0.1, 0.15) is 0 Å². The molecule has 2 aliphatic heterocycles. The Kier molecular flexibility index (Phi) is 5.38. The molecule has 2 aromatic rings. The van der Waals surface area contributed by atoms with E-state index in [2.05, 4.69) is 31.8 Å². The lowest BCUT2D eigenvalue weighted by Crippen LogP contribution is -2.38. The Morgan fingerprint density at radius 2 is 1.93 bits per heavy atom. The summed E-state index contributed by atoms with van der Waals surface area (Å²) in [4.78, 5) is 14.4. The molecule has 0 aliphatic carbocycles. The zero-order valence-corrected chi connectivity index (χ0v) is 15.7. The summed E-state index contributed by atoms with van der Waals surface area (Å²) in [5.41, 5.74) is 2.83. The first-order valence-electron chi connectivity index (χ1n) is 9.55. The molecular weight excluding hydrogens is 382 g/mol. The lowest BCUT2D eigenvalue weighted by molar-refractivity contribution is -0.286. The number of alkyl halides is 2. The normalized spacial score (nSPS) is 18.2. The third-order valence-electron chi connectivity index (χ3n) is 5.11. The molecule has 2 aromatic carbocycles. The molecule has 0 bridgehead atoms. The van der Waals surface area contributed by atoms with Crippen molar-refractivity contribution in [3.63, 3.8) is 0 Å². The van der Waals surface area contributed by atoms with Gasteiger partial charge in [-0.15, -0.1) is 8.78 Å². The third-order valence-corrected chi connectivity index (χ3v) is 5.11. The molecule has 0 fully saturated rings. The minimum absolute atomic E-state index is 0.106. The van der Waals surface area contributed by atoms with Crippen molar-refractivity contribution in [2.75, 3.05) is 19.6 Å². The number of carbonyl (C=O) groups excluding carboxylic acids is 1. The van der Waals surface area contributed by atoms with E-state index in [1.165, 1.54) is 29.3 Å². The van der Waals surface area contributed by atoms with Gasteiger partial charge in [-0.1, -0.05) is 24.3 Å². The largest absolute Gasteiger partial charge is 0.586 e. The molecule has 2 heterocycles. The maximum Gasteiger partial charge on any atom is 0.586 e. The molecule has 0 saturated heterocycles. The average Bonchev–Trinajstić information content (AvgIpc) is 3.00. The summed E-state index contributed by atoms with van der Waals surface area (Å²) in [7, 11) is 0. The van der Waals surface area contributed by atoms with Crippen LogP contribution in [0.1, 0.15) is 27.9 Å². The molecule has 1 amide bonds. The van der Waals surface area contributed by atoms with Crippen molar-refractivity contribution in [3.05, 3.63) is 59.2 Å². The zero-order chi connectivity index (χ0) is 20.4. The number of amides is 1. The second-order valence-corrected chi connectivity index (χ2v) is 7.28. The predicted molar refractivity (Wildman–Crippen MR) is 101 cm³/mol. The van der Waals surface area contributed by atoms with Gasteiger partial charge in [-0.3, -0.25) is 9.69 Å². The maximum absolute atomic E-state index is 13.1. The van der Waals surface area contributed by atoms with Crippen LogP contribution in [0.3, 0.4) is 0 Å². The fourth-order valence-corrected chi connectivity index (χ4v) is 3.64. The third kappa shape index (κ3) is 4.65. The van der Waals surface area contributed by atoms with Crippen molar-refractivity contribution < 1.29 is 28.2 Å². The van der Waals surface area contributed by atoms with Crippen LogP contribution in [-0.4, -0.2) is 47.9 Å². The van der Waals surface area contributed by atoms with Crippen molar-refractivity contribution in [2.45, 2.75) is 31.8 Å². The smallest absolute Gasteiger partial charge is 0.395 e. The summed E-state index contributed by atoms with van der Waals surface area (Å²) in [6, 6.07) is 12.2. The van der Waals surface area contributed by atoms with Gasteiger partial charge in [0.05, 0.1) is 6.10 Å². The van der Waals surface area contributed by atoms with Crippen LogP contribution in [0.4, 0.5) is 8.78 Å². The fourth-order valence-electron chi connectivity index (χ4n) is 3.64. The zero-order valence-electron chi connectivity index (χ0n) is 15.7. The number of nitrogens with one attached hydrogen (secondary N) is 1. The molecule has 1 unspecified atom stereocenters. The van der Waals surface area contributed by atoms with Crippen molar-refractivity contribution in [2.24, 2.45) is 0 Å². The van der Waals surface area contributed by atoms with Gasteiger partial charge in [0.25, 0.3) is 5.91 Å². The standard InChI is InChI=1S/C21H22F2N2O4/c22-21(23)28-18-6-5-15(11-19(18)29-21)20(27)24-9-7-17(26)13-25-10-8-14-3-1-2-4-16(14)12-25/h1-6,11,17,26H,7-10,12-13H2,(H,24,27). The minimum Gasteiger partial charge on any atom is -0.395 e. The first-order valence-corrected chi connectivity index (χ1v) is 9.55. The van der Waals surface area contributed by atoms with Crippen LogP contribution in [0.25, 0.3) is 0 Å². The Hall–Kier alpha value is -2.71. The highest BCUT2D eigenvalue weighted by Gasteiger charge is 2.43. The van der Waals surface area contributed by atoms with Crippen molar-refractivity contribution in [1.82, 2.24) is 10.2 Å². The molecule has 8 heteroatoms. The van der Waals surface area contributed by atoms with E-state index in [1.54, 1.807) is 0 Å². The van der Waals surface area contributed by atoms with E-state index in [9.17, 15) is 18.7 Å². The van der Waals surface area contributed by atoms with Crippen LogP contribution >= 0.6 is 0 Å². The number of fused-ring (bicyclic) bond motifs is 2. The molecule has 2 aliphatic rings. The highest BCUT2D eigenvalue weighted by molar-refractivity contribution is 5.94. The van der Waals surface area contributed by atoms with E-state index in [1.807, 2.05) is 12.1 Å². The number of benzene rings is 2. The lowest BCUT2D eigenvalue weighted by Gasteiger charge is -2.30. The van der Waals surface area contributed by atoms with Crippen LogP contribution < -0.4 is 14.8 Å². The number of aliphatic hydroxyl groups excluding tert-OH is 1. The summed E-state index contributed by atoms with van der Waals surface area (Å²) in [6.45, 7) is 2.50. The number of carbonyl (C=O) groups is 1. The lowest BCUT2D eigenvalue weighted by atomic mass is 9.99. The fraction of sp³-hybridized carbons (Fsp3) is 0.381. The summed E-state index contributed by atoms with van der Waals surface area (Å²) < 4.78 is 34.8. The minimum atomic E-state index is -3.71. The highest BCUT2D eigenvalue weighted by atomic mass is 19.3. The van der Waals surface area contributed by atoms with Gasteiger partial charge >= 0.3 is 6.29 Å². The molecular formula is C21H22F2N2O4. The molecule has 0 radical (unpaired) electrons. The Bertz CT molecular complexity index is 906. The molecule has 0 saturated carbocycles. The van der Waals surface area contributed by atoms with Crippen LogP contribution in [-0.2, 0) is 13.0 Å². The summed E-state index contributed by atoms with van der Waals surface area (Å²) in [5, 5.41) is 13.0. The Morgan fingerprint density at radius 3 is 2.76 bits per heavy atom. The number of ether oxygens (including phenoxy) is 2. The topological polar surface area (TPSA) is 71.0 Å². The second-order valence-electron chi connectivity index (χ2n) is 7.28. The Balaban J connectivity index is 1.23. The molecule has 0 aromatic heterocycles. The van der Waals surface area contributed by atoms with E-state index in [4.69, 9.17) is 0 Å². The first kappa shape index (κ1) is 19.6. The van der Waals surface area contributed by atoms with Gasteiger partial charge in [-0.25, -0.2) is 0 Å². The van der Waals surface area contributed by atoms with E-state index in [0.717, 1.165) is 19.5 Å². The van der Waals surface area contributed by atoms with Gasteiger partial charge in [-0.05, 0) is 42.2 Å². The van der Waals surface area contributed by atoms with Crippen LogP contribution in [0.15, 0.2) is 42.5 Å². The maximum atomic E-state index is 13.1. The number of halogens is 2. The molecule has 29 heavy (non-hydrogen) atoms. The van der Waals surface area contributed by atoms with Crippen molar-refractivity contribution >= 4 is 5.91 Å². The van der Waals surface area contributed by atoms with Crippen LogP contribution in [0.2, 0.25) is 0 Å². The van der Waals surface area contributed by atoms with Gasteiger partial charge < -0.3 is 19.9 Å².